The van der Waals surface area contributed by atoms with Crippen LogP contribution in [-0.4, -0.2) is 33.7 Å². The number of benzene rings is 1. The van der Waals surface area contributed by atoms with E-state index in [2.05, 4.69) is 5.10 Å². The highest BCUT2D eigenvalue weighted by atomic mass is 19.1. The Hall–Kier alpha value is -2.17. The Morgan fingerprint density at radius 3 is 2.96 bits per heavy atom. The number of aryl methyl sites for hydroxylation is 1. The van der Waals surface area contributed by atoms with Crippen molar-refractivity contribution in [2.45, 2.75) is 25.2 Å². The zero-order valence-corrected chi connectivity index (χ0v) is 13.9. The monoisotopic (exact) mass is 327 g/mol. The van der Waals surface area contributed by atoms with Gasteiger partial charge in [0.1, 0.15) is 5.82 Å². The van der Waals surface area contributed by atoms with Gasteiger partial charge >= 0.3 is 0 Å². The Labute approximate surface area is 141 Å². The molecule has 1 saturated heterocycles. The Morgan fingerprint density at radius 2 is 2.21 bits per heavy atom. The van der Waals surface area contributed by atoms with Crippen LogP contribution in [0, 0.1) is 17.7 Å². The van der Waals surface area contributed by atoms with Gasteiger partial charge < -0.3 is 4.90 Å². The number of aromatic nitrogens is 2. The van der Waals surface area contributed by atoms with Crippen LogP contribution in [0.1, 0.15) is 29.9 Å². The van der Waals surface area contributed by atoms with Gasteiger partial charge in [-0.15, -0.1) is 0 Å². The number of rotatable bonds is 4. The van der Waals surface area contributed by atoms with Gasteiger partial charge in [-0.2, -0.15) is 5.10 Å². The minimum atomic E-state index is -0.186. The lowest BCUT2D eigenvalue weighted by Gasteiger charge is -2.16. The smallest absolute Gasteiger partial charge is 0.226 e. The fraction of sp³-hybridized carbons (Fsp3) is 0.474. The van der Waals surface area contributed by atoms with Crippen molar-refractivity contribution >= 4 is 5.91 Å². The second kappa shape index (κ2) is 6.04. The van der Waals surface area contributed by atoms with Crippen molar-refractivity contribution in [1.29, 1.82) is 0 Å². The summed E-state index contributed by atoms with van der Waals surface area (Å²) in [6, 6.07) is 6.83. The van der Waals surface area contributed by atoms with E-state index in [1.807, 2.05) is 41.2 Å². The molecule has 2 aromatic rings. The van der Waals surface area contributed by atoms with Gasteiger partial charge in [-0.1, -0.05) is 18.2 Å². The van der Waals surface area contributed by atoms with Gasteiger partial charge in [0.25, 0.3) is 0 Å². The van der Waals surface area contributed by atoms with Gasteiger partial charge in [-0.3, -0.25) is 9.48 Å². The van der Waals surface area contributed by atoms with E-state index in [1.54, 1.807) is 6.07 Å². The van der Waals surface area contributed by atoms with Crippen LogP contribution in [0.2, 0.25) is 0 Å². The lowest BCUT2D eigenvalue weighted by atomic mass is 10.0. The number of hydrogen-bond donors (Lipinski definition) is 0. The zero-order chi connectivity index (χ0) is 16.7. The van der Waals surface area contributed by atoms with E-state index in [0.29, 0.717) is 11.5 Å². The first kappa shape index (κ1) is 15.4. The average molecular weight is 327 g/mol. The van der Waals surface area contributed by atoms with E-state index >= 15 is 0 Å². The molecular formula is C19H22FN3O. The number of hydrogen-bond acceptors (Lipinski definition) is 2. The number of carbonyl (C=O) groups excluding carboxylic acids is 1. The zero-order valence-electron chi connectivity index (χ0n) is 13.9. The minimum Gasteiger partial charge on any atom is -0.342 e. The molecule has 3 unspecified atom stereocenters. The maximum atomic E-state index is 13.9. The summed E-state index contributed by atoms with van der Waals surface area (Å²) >= 11 is 0. The number of nitrogens with zero attached hydrogens (tertiary/aromatic N) is 3. The lowest BCUT2D eigenvalue weighted by molar-refractivity contribution is -0.131. The quantitative estimate of drug-likeness (QED) is 0.866. The van der Waals surface area contributed by atoms with Crippen LogP contribution in [0.5, 0.6) is 0 Å². The van der Waals surface area contributed by atoms with Crippen molar-refractivity contribution in [2.75, 3.05) is 13.1 Å². The molecule has 1 aliphatic carbocycles. The second-order valence-corrected chi connectivity index (χ2v) is 7.14. The molecule has 126 valence electrons. The molecule has 4 nitrogen and oxygen atoms in total. The normalized spacial score (nSPS) is 25.9. The Morgan fingerprint density at radius 1 is 1.38 bits per heavy atom. The van der Waals surface area contributed by atoms with Crippen molar-refractivity contribution in [3.8, 4) is 0 Å². The second-order valence-electron chi connectivity index (χ2n) is 7.14. The molecule has 1 aromatic carbocycles. The molecule has 24 heavy (non-hydrogen) atoms. The van der Waals surface area contributed by atoms with Gasteiger partial charge in [0, 0.05) is 32.3 Å². The van der Waals surface area contributed by atoms with Crippen LogP contribution in [0.15, 0.2) is 36.7 Å². The number of halogens is 1. The molecule has 0 N–H and O–H groups in total. The predicted molar refractivity (Wildman–Crippen MR) is 88.8 cm³/mol. The number of carbonyl (C=O) groups is 1. The summed E-state index contributed by atoms with van der Waals surface area (Å²) < 4.78 is 15.7. The summed E-state index contributed by atoms with van der Waals surface area (Å²) in [4.78, 5) is 14.7. The van der Waals surface area contributed by atoms with Gasteiger partial charge in [0.2, 0.25) is 5.91 Å². The van der Waals surface area contributed by atoms with Crippen molar-refractivity contribution in [1.82, 2.24) is 14.7 Å². The van der Waals surface area contributed by atoms with E-state index < -0.39 is 0 Å². The molecule has 0 spiro atoms. The molecule has 2 aliphatic rings. The SMILES string of the molecule is Cn1cc(CC2CCN(C(=O)C3CC3c3ccccc3F)C2)cn1. The van der Waals surface area contributed by atoms with Crippen LogP contribution >= 0.6 is 0 Å². The molecule has 3 atom stereocenters. The molecule has 0 radical (unpaired) electrons. The highest BCUT2D eigenvalue weighted by Gasteiger charge is 2.47. The largest absolute Gasteiger partial charge is 0.342 e. The molecule has 5 heteroatoms. The van der Waals surface area contributed by atoms with Gasteiger partial charge in [0.05, 0.1) is 6.20 Å². The number of likely N-dealkylation sites (tertiary alicyclic amines) is 1. The average Bonchev–Trinajstić information content (AvgIpc) is 3.04. The molecule has 1 aliphatic heterocycles. The summed E-state index contributed by atoms with van der Waals surface area (Å²) in [6.07, 6.45) is 6.74. The molecular weight excluding hydrogens is 305 g/mol. The Kier molecular flexibility index (Phi) is 3.87. The third-order valence-electron chi connectivity index (χ3n) is 5.29. The van der Waals surface area contributed by atoms with E-state index in [4.69, 9.17) is 0 Å². The Balaban J connectivity index is 1.34. The topological polar surface area (TPSA) is 38.1 Å². The standard InChI is InChI=1S/C19H22FN3O/c1-22-11-14(10-21-22)8-13-6-7-23(12-13)19(24)17-9-16(17)15-4-2-3-5-18(15)20/h2-5,10-11,13,16-17H,6-9,12H2,1H3. The fourth-order valence-electron chi connectivity index (χ4n) is 3.93. The van der Waals surface area contributed by atoms with E-state index in [9.17, 15) is 9.18 Å². The van der Waals surface area contributed by atoms with Crippen molar-refractivity contribution in [3.05, 3.63) is 53.6 Å². The first-order valence-electron chi connectivity index (χ1n) is 8.62. The van der Waals surface area contributed by atoms with Crippen LogP contribution in [0.4, 0.5) is 4.39 Å². The number of amides is 1. The van der Waals surface area contributed by atoms with Crippen molar-refractivity contribution in [2.24, 2.45) is 18.9 Å². The summed E-state index contributed by atoms with van der Waals surface area (Å²) in [5.41, 5.74) is 1.93. The van der Waals surface area contributed by atoms with Crippen LogP contribution in [0.3, 0.4) is 0 Å². The van der Waals surface area contributed by atoms with Crippen LogP contribution in [-0.2, 0) is 18.3 Å². The van der Waals surface area contributed by atoms with E-state index in [0.717, 1.165) is 32.4 Å². The van der Waals surface area contributed by atoms with Gasteiger partial charge in [-0.25, -0.2) is 4.39 Å². The highest BCUT2D eigenvalue weighted by molar-refractivity contribution is 5.83. The fourth-order valence-corrected chi connectivity index (χ4v) is 3.93. The van der Waals surface area contributed by atoms with Crippen molar-refractivity contribution in [3.63, 3.8) is 0 Å². The molecule has 1 aromatic heterocycles. The molecule has 0 bridgehead atoms. The third kappa shape index (κ3) is 2.95. The first-order valence-corrected chi connectivity index (χ1v) is 8.62. The van der Waals surface area contributed by atoms with Crippen LogP contribution in [0.25, 0.3) is 0 Å². The van der Waals surface area contributed by atoms with E-state index in [1.165, 1.54) is 11.6 Å². The van der Waals surface area contributed by atoms with E-state index in [-0.39, 0.29) is 23.6 Å². The predicted octanol–water partition coefficient (Wildman–Crippen LogP) is 2.75. The highest BCUT2D eigenvalue weighted by Crippen LogP contribution is 2.49. The maximum Gasteiger partial charge on any atom is 0.226 e. The molecule has 4 rings (SSSR count). The Bertz CT molecular complexity index is 757. The summed E-state index contributed by atoms with van der Waals surface area (Å²) in [7, 11) is 1.92. The lowest BCUT2D eigenvalue weighted by Crippen LogP contribution is -2.30. The molecule has 2 heterocycles. The summed E-state index contributed by atoms with van der Waals surface area (Å²) in [6.45, 7) is 1.64. The first-order chi connectivity index (χ1) is 11.6. The molecule has 2 fully saturated rings. The van der Waals surface area contributed by atoms with Crippen LogP contribution < -0.4 is 0 Å². The van der Waals surface area contributed by atoms with Crippen molar-refractivity contribution < 1.29 is 9.18 Å². The molecule has 1 amide bonds. The minimum absolute atomic E-state index is 0.0287. The summed E-state index contributed by atoms with van der Waals surface area (Å²) in [5.74, 6) is 0.560. The third-order valence-corrected chi connectivity index (χ3v) is 5.29. The van der Waals surface area contributed by atoms with Gasteiger partial charge in [0.15, 0.2) is 0 Å². The maximum absolute atomic E-state index is 13.9. The van der Waals surface area contributed by atoms with Gasteiger partial charge in [-0.05, 0) is 48.3 Å². The summed E-state index contributed by atoms with van der Waals surface area (Å²) in [5, 5.41) is 4.20. The molecule has 1 saturated carbocycles.